The Morgan fingerprint density at radius 3 is 2.79 bits per heavy atom. The third-order valence-corrected chi connectivity index (χ3v) is 2.58. The third kappa shape index (κ3) is 2.82. The molecule has 0 saturated heterocycles. The molecule has 0 atom stereocenters. The summed E-state index contributed by atoms with van der Waals surface area (Å²) in [6, 6.07) is 8.50. The lowest BCUT2D eigenvalue weighted by Gasteiger charge is -2.10. The lowest BCUT2D eigenvalue weighted by molar-refractivity contribution is 0.0597. The number of nitrogens with zero attached hydrogens (tertiary/aromatic N) is 1. The highest BCUT2D eigenvalue weighted by Crippen LogP contribution is 2.27. The minimum Gasteiger partial charge on any atom is -0.465 e. The second-order valence-electron chi connectivity index (χ2n) is 3.97. The Bertz CT molecular complexity index is 611. The summed E-state index contributed by atoms with van der Waals surface area (Å²) in [6.07, 6.45) is 1.55. The van der Waals surface area contributed by atoms with Crippen molar-refractivity contribution in [1.82, 2.24) is 4.98 Å². The SMILES string of the molecule is COC(=O)c1cccnc1Oc1ccc(N)cc1C. The summed E-state index contributed by atoms with van der Waals surface area (Å²) in [4.78, 5) is 15.7. The van der Waals surface area contributed by atoms with Gasteiger partial charge in [0.15, 0.2) is 0 Å². The molecule has 0 spiro atoms. The molecule has 1 aromatic heterocycles. The van der Waals surface area contributed by atoms with Crippen molar-refractivity contribution in [2.24, 2.45) is 0 Å². The molecule has 0 aliphatic heterocycles. The quantitative estimate of drug-likeness (QED) is 0.676. The Kier molecular flexibility index (Phi) is 3.66. The Labute approximate surface area is 111 Å². The summed E-state index contributed by atoms with van der Waals surface area (Å²) in [5.41, 5.74) is 7.47. The average Bonchev–Trinajstić information content (AvgIpc) is 2.41. The van der Waals surface area contributed by atoms with Gasteiger partial charge in [0.2, 0.25) is 5.88 Å². The highest BCUT2D eigenvalue weighted by Gasteiger charge is 2.15. The standard InChI is InChI=1S/C14H14N2O3/c1-9-8-10(15)5-6-12(9)19-13-11(14(17)18-2)4-3-7-16-13/h3-8H,15H2,1-2H3. The number of methoxy groups -OCH3 is 1. The van der Waals surface area contributed by atoms with Crippen molar-refractivity contribution in [3.63, 3.8) is 0 Å². The number of hydrogen-bond donors (Lipinski definition) is 1. The summed E-state index contributed by atoms with van der Waals surface area (Å²) in [6.45, 7) is 1.87. The summed E-state index contributed by atoms with van der Waals surface area (Å²) in [7, 11) is 1.31. The van der Waals surface area contributed by atoms with E-state index in [4.69, 9.17) is 10.5 Å². The van der Waals surface area contributed by atoms with Gasteiger partial charge in [0.05, 0.1) is 7.11 Å². The molecular weight excluding hydrogens is 244 g/mol. The van der Waals surface area contributed by atoms with Crippen molar-refractivity contribution in [3.05, 3.63) is 47.7 Å². The van der Waals surface area contributed by atoms with Crippen LogP contribution in [0.4, 0.5) is 5.69 Å². The Balaban J connectivity index is 2.35. The fraction of sp³-hybridized carbons (Fsp3) is 0.143. The largest absolute Gasteiger partial charge is 0.465 e. The van der Waals surface area contributed by atoms with E-state index in [9.17, 15) is 4.79 Å². The molecule has 0 unspecified atom stereocenters. The Hall–Kier alpha value is -2.56. The molecule has 0 amide bonds. The van der Waals surface area contributed by atoms with Gasteiger partial charge < -0.3 is 15.2 Å². The van der Waals surface area contributed by atoms with E-state index in [0.717, 1.165) is 5.56 Å². The van der Waals surface area contributed by atoms with Crippen molar-refractivity contribution in [1.29, 1.82) is 0 Å². The third-order valence-electron chi connectivity index (χ3n) is 2.58. The Morgan fingerprint density at radius 2 is 2.11 bits per heavy atom. The number of nitrogens with two attached hydrogens (primary N) is 1. The van der Waals surface area contributed by atoms with E-state index in [0.29, 0.717) is 11.4 Å². The van der Waals surface area contributed by atoms with Crippen molar-refractivity contribution >= 4 is 11.7 Å². The smallest absolute Gasteiger partial charge is 0.343 e. The van der Waals surface area contributed by atoms with Crippen molar-refractivity contribution in [3.8, 4) is 11.6 Å². The number of benzene rings is 1. The van der Waals surface area contributed by atoms with E-state index in [2.05, 4.69) is 9.72 Å². The van der Waals surface area contributed by atoms with Gasteiger partial charge in [-0.15, -0.1) is 0 Å². The number of hydrogen-bond acceptors (Lipinski definition) is 5. The van der Waals surface area contributed by atoms with Crippen LogP contribution in [0.1, 0.15) is 15.9 Å². The monoisotopic (exact) mass is 258 g/mol. The molecule has 0 saturated carbocycles. The van der Waals surface area contributed by atoms with E-state index in [-0.39, 0.29) is 11.4 Å². The maximum absolute atomic E-state index is 11.6. The van der Waals surface area contributed by atoms with Gasteiger partial charge in [-0.05, 0) is 42.8 Å². The first-order chi connectivity index (χ1) is 9.11. The predicted octanol–water partition coefficient (Wildman–Crippen LogP) is 2.55. The number of pyridine rings is 1. The number of carbonyl (C=O) groups excluding carboxylic acids is 1. The summed E-state index contributed by atoms with van der Waals surface area (Å²) in [5, 5.41) is 0. The molecule has 0 aliphatic rings. The first-order valence-electron chi connectivity index (χ1n) is 5.69. The first-order valence-corrected chi connectivity index (χ1v) is 5.69. The minimum absolute atomic E-state index is 0.210. The van der Waals surface area contributed by atoms with Crippen LogP contribution < -0.4 is 10.5 Å². The number of carbonyl (C=O) groups is 1. The van der Waals surface area contributed by atoms with Crippen LogP contribution in [0.2, 0.25) is 0 Å². The van der Waals surface area contributed by atoms with Crippen molar-refractivity contribution in [2.75, 3.05) is 12.8 Å². The van der Waals surface area contributed by atoms with Crippen LogP contribution in [0.15, 0.2) is 36.5 Å². The molecule has 5 nitrogen and oxygen atoms in total. The average molecular weight is 258 g/mol. The molecule has 0 aliphatic carbocycles. The molecule has 19 heavy (non-hydrogen) atoms. The van der Waals surface area contributed by atoms with Gasteiger partial charge in [-0.25, -0.2) is 9.78 Å². The van der Waals surface area contributed by atoms with Gasteiger partial charge in [0, 0.05) is 11.9 Å². The van der Waals surface area contributed by atoms with Crippen LogP contribution in [0.25, 0.3) is 0 Å². The molecule has 5 heteroatoms. The maximum Gasteiger partial charge on any atom is 0.343 e. The maximum atomic E-state index is 11.6. The number of aromatic nitrogens is 1. The zero-order valence-electron chi connectivity index (χ0n) is 10.7. The van der Waals surface area contributed by atoms with Crippen LogP contribution in [-0.4, -0.2) is 18.1 Å². The molecule has 2 aromatic rings. The highest BCUT2D eigenvalue weighted by atomic mass is 16.5. The first kappa shape index (κ1) is 12.9. The van der Waals surface area contributed by atoms with Gasteiger partial charge in [0.25, 0.3) is 0 Å². The van der Waals surface area contributed by atoms with E-state index in [1.54, 1.807) is 36.5 Å². The number of aryl methyl sites for hydroxylation is 1. The van der Waals surface area contributed by atoms with Crippen molar-refractivity contribution in [2.45, 2.75) is 6.92 Å². The number of ether oxygens (including phenoxy) is 2. The molecule has 0 fully saturated rings. The number of rotatable bonds is 3. The normalized spacial score (nSPS) is 10.0. The van der Waals surface area contributed by atoms with Crippen LogP contribution in [0, 0.1) is 6.92 Å². The van der Waals surface area contributed by atoms with Crippen LogP contribution in [0.5, 0.6) is 11.6 Å². The van der Waals surface area contributed by atoms with Gasteiger partial charge >= 0.3 is 5.97 Å². The van der Waals surface area contributed by atoms with Crippen molar-refractivity contribution < 1.29 is 14.3 Å². The van der Waals surface area contributed by atoms with Gasteiger partial charge in [-0.2, -0.15) is 0 Å². The van der Waals surface area contributed by atoms with Crippen LogP contribution in [0.3, 0.4) is 0 Å². The van der Waals surface area contributed by atoms with Gasteiger partial charge in [-0.3, -0.25) is 0 Å². The highest BCUT2D eigenvalue weighted by molar-refractivity contribution is 5.91. The van der Waals surface area contributed by atoms with Gasteiger partial charge in [0.1, 0.15) is 11.3 Å². The molecule has 0 bridgehead atoms. The summed E-state index contributed by atoms with van der Waals surface area (Å²) < 4.78 is 10.3. The fourth-order valence-electron chi connectivity index (χ4n) is 1.63. The second kappa shape index (κ2) is 5.39. The van der Waals surface area contributed by atoms with E-state index < -0.39 is 5.97 Å². The Morgan fingerprint density at radius 1 is 1.32 bits per heavy atom. The molecule has 2 rings (SSSR count). The molecule has 98 valence electrons. The molecule has 0 radical (unpaired) electrons. The number of anilines is 1. The van der Waals surface area contributed by atoms with Crippen LogP contribution >= 0.6 is 0 Å². The zero-order valence-corrected chi connectivity index (χ0v) is 10.7. The minimum atomic E-state index is -0.490. The fourth-order valence-corrected chi connectivity index (χ4v) is 1.63. The number of nitrogen functional groups attached to an aromatic ring is 1. The second-order valence-corrected chi connectivity index (χ2v) is 3.97. The number of esters is 1. The summed E-state index contributed by atoms with van der Waals surface area (Å²) >= 11 is 0. The molecule has 1 aromatic carbocycles. The molecule has 1 heterocycles. The topological polar surface area (TPSA) is 74.4 Å². The van der Waals surface area contributed by atoms with E-state index in [1.807, 2.05) is 6.92 Å². The van der Waals surface area contributed by atoms with Crippen LogP contribution in [-0.2, 0) is 4.74 Å². The summed E-state index contributed by atoms with van der Waals surface area (Å²) in [5.74, 6) is 0.316. The van der Waals surface area contributed by atoms with E-state index in [1.165, 1.54) is 7.11 Å². The zero-order chi connectivity index (χ0) is 13.8. The van der Waals surface area contributed by atoms with Gasteiger partial charge in [-0.1, -0.05) is 0 Å². The predicted molar refractivity (Wildman–Crippen MR) is 71.2 cm³/mol. The lowest BCUT2D eigenvalue weighted by atomic mass is 10.2. The molecule has 2 N–H and O–H groups in total. The molecular formula is C14H14N2O3. The lowest BCUT2D eigenvalue weighted by Crippen LogP contribution is -2.05. The van der Waals surface area contributed by atoms with E-state index >= 15 is 0 Å².